The van der Waals surface area contributed by atoms with E-state index >= 15 is 0 Å². The molecule has 0 saturated carbocycles. The maximum Gasteiger partial charge on any atom is 0.236 e. The standard InChI is InChI=1S/C13H28N4O2/c1-13(19,11-15(2)3)10-14-9-12(18)17-7-5-16(4)6-8-17/h14,19H,5-11H2,1-4H3. The third-order valence-electron chi connectivity index (χ3n) is 3.29. The molecule has 0 spiro atoms. The van der Waals surface area contributed by atoms with E-state index in [0.717, 1.165) is 26.2 Å². The number of amides is 1. The Hall–Kier alpha value is -0.690. The maximum absolute atomic E-state index is 12.0. The molecule has 6 heteroatoms. The number of rotatable bonds is 6. The molecule has 1 unspecified atom stereocenters. The quantitative estimate of drug-likeness (QED) is 0.627. The van der Waals surface area contributed by atoms with Crippen molar-refractivity contribution >= 4 is 5.91 Å². The minimum absolute atomic E-state index is 0.119. The van der Waals surface area contributed by atoms with E-state index in [4.69, 9.17) is 0 Å². The number of piperazine rings is 1. The molecule has 0 radical (unpaired) electrons. The van der Waals surface area contributed by atoms with Crippen molar-refractivity contribution in [2.45, 2.75) is 12.5 Å². The summed E-state index contributed by atoms with van der Waals surface area (Å²) in [6, 6.07) is 0. The summed E-state index contributed by atoms with van der Waals surface area (Å²) in [6.07, 6.45) is 0. The molecule has 0 aromatic rings. The van der Waals surface area contributed by atoms with Gasteiger partial charge in [-0.3, -0.25) is 4.79 Å². The Morgan fingerprint density at radius 1 is 1.32 bits per heavy atom. The molecule has 1 saturated heterocycles. The molecule has 0 aliphatic carbocycles. The minimum atomic E-state index is -0.814. The molecule has 19 heavy (non-hydrogen) atoms. The van der Waals surface area contributed by atoms with Crippen molar-refractivity contribution in [2.75, 3.05) is 67.0 Å². The maximum atomic E-state index is 12.0. The molecule has 1 heterocycles. The number of hydrogen-bond donors (Lipinski definition) is 2. The zero-order valence-corrected chi connectivity index (χ0v) is 12.6. The lowest BCUT2D eigenvalue weighted by Gasteiger charge is -2.33. The zero-order valence-electron chi connectivity index (χ0n) is 12.6. The Kier molecular flexibility index (Phi) is 6.19. The Labute approximate surface area is 116 Å². The molecule has 0 aromatic carbocycles. The summed E-state index contributed by atoms with van der Waals surface area (Å²) < 4.78 is 0. The van der Waals surface area contributed by atoms with Crippen LogP contribution in [0.15, 0.2) is 0 Å². The van der Waals surface area contributed by atoms with E-state index in [2.05, 4.69) is 17.3 Å². The van der Waals surface area contributed by atoms with E-state index < -0.39 is 5.60 Å². The van der Waals surface area contributed by atoms with Crippen molar-refractivity contribution in [3.05, 3.63) is 0 Å². The second-order valence-electron chi connectivity index (χ2n) is 6.02. The van der Waals surface area contributed by atoms with Gasteiger partial charge >= 0.3 is 0 Å². The summed E-state index contributed by atoms with van der Waals surface area (Å²) in [4.78, 5) is 18.0. The molecule has 2 N–H and O–H groups in total. The second kappa shape index (κ2) is 7.19. The van der Waals surface area contributed by atoms with Gasteiger partial charge in [0.2, 0.25) is 5.91 Å². The number of nitrogens with zero attached hydrogens (tertiary/aromatic N) is 3. The van der Waals surface area contributed by atoms with Gasteiger partial charge in [0, 0.05) is 39.3 Å². The van der Waals surface area contributed by atoms with Gasteiger partial charge in [-0.25, -0.2) is 0 Å². The fraction of sp³-hybridized carbons (Fsp3) is 0.923. The molecule has 1 atom stereocenters. The molecule has 1 aliphatic rings. The van der Waals surface area contributed by atoms with Crippen LogP contribution in [0.5, 0.6) is 0 Å². The van der Waals surface area contributed by atoms with Gasteiger partial charge in [0.15, 0.2) is 0 Å². The molecule has 0 bridgehead atoms. The summed E-state index contributed by atoms with van der Waals surface area (Å²) >= 11 is 0. The van der Waals surface area contributed by atoms with Crippen molar-refractivity contribution in [3.8, 4) is 0 Å². The SMILES string of the molecule is CN(C)CC(C)(O)CNCC(=O)N1CCN(C)CC1. The van der Waals surface area contributed by atoms with Gasteiger partial charge in [0.25, 0.3) is 0 Å². The average molecular weight is 272 g/mol. The van der Waals surface area contributed by atoms with Crippen molar-refractivity contribution in [1.29, 1.82) is 0 Å². The van der Waals surface area contributed by atoms with Crippen LogP contribution in [0.2, 0.25) is 0 Å². The fourth-order valence-electron chi connectivity index (χ4n) is 2.34. The van der Waals surface area contributed by atoms with E-state index in [0.29, 0.717) is 19.6 Å². The highest BCUT2D eigenvalue weighted by Crippen LogP contribution is 2.03. The lowest BCUT2D eigenvalue weighted by Crippen LogP contribution is -2.51. The van der Waals surface area contributed by atoms with Crippen molar-refractivity contribution in [1.82, 2.24) is 20.0 Å². The first-order valence-electron chi connectivity index (χ1n) is 6.84. The molecule has 1 rings (SSSR count). The fourth-order valence-corrected chi connectivity index (χ4v) is 2.34. The highest BCUT2D eigenvalue weighted by atomic mass is 16.3. The van der Waals surface area contributed by atoms with Gasteiger partial charge < -0.3 is 25.1 Å². The minimum Gasteiger partial charge on any atom is -0.388 e. The summed E-state index contributed by atoms with van der Waals surface area (Å²) in [6.45, 7) is 6.53. The Morgan fingerprint density at radius 3 is 2.42 bits per heavy atom. The van der Waals surface area contributed by atoms with Gasteiger partial charge in [-0.15, -0.1) is 0 Å². The smallest absolute Gasteiger partial charge is 0.236 e. The molecule has 6 nitrogen and oxygen atoms in total. The Bertz CT molecular complexity index is 286. The number of hydrogen-bond acceptors (Lipinski definition) is 5. The monoisotopic (exact) mass is 272 g/mol. The van der Waals surface area contributed by atoms with Crippen LogP contribution in [0.4, 0.5) is 0 Å². The zero-order chi connectivity index (χ0) is 14.5. The number of aliphatic hydroxyl groups is 1. The van der Waals surface area contributed by atoms with E-state index in [-0.39, 0.29) is 5.91 Å². The molecule has 1 aliphatic heterocycles. The lowest BCUT2D eigenvalue weighted by molar-refractivity contribution is -0.131. The normalized spacial score (nSPS) is 20.6. The van der Waals surface area contributed by atoms with Crippen LogP contribution in [-0.4, -0.2) is 98.3 Å². The van der Waals surface area contributed by atoms with Crippen LogP contribution in [0.1, 0.15) is 6.92 Å². The number of nitrogens with one attached hydrogen (secondary N) is 1. The van der Waals surface area contributed by atoms with Crippen LogP contribution in [0.3, 0.4) is 0 Å². The molecule has 1 fully saturated rings. The Balaban J connectivity index is 2.23. The second-order valence-corrected chi connectivity index (χ2v) is 6.02. The average Bonchev–Trinajstić information content (AvgIpc) is 2.27. The predicted octanol–water partition coefficient (Wildman–Crippen LogP) is -1.34. The van der Waals surface area contributed by atoms with Crippen LogP contribution in [0.25, 0.3) is 0 Å². The summed E-state index contributed by atoms with van der Waals surface area (Å²) in [5.41, 5.74) is -0.814. The van der Waals surface area contributed by atoms with Crippen LogP contribution < -0.4 is 5.32 Å². The van der Waals surface area contributed by atoms with E-state index in [1.807, 2.05) is 23.9 Å². The molecule has 1 amide bonds. The van der Waals surface area contributed by atoms with Crippen molar-refractivity contribution in [3.63, 3.8) is 0 Å². The molecular formula is C13H28N4O2. The Morgan fingerprint density at radius 2 is 1.89 bits per heavy atom. The molecular weight excluding hydrogens is 244 g/mol. The van der Waals surface area contributed by atoms with E-state index in [1.165, 1.54) is 0 Å². The highest BCUT2D eigenvalue weighted by Gasteiger charge is 2.23. The topological polar surface area (TPSA) is 59.1 Å². The third kappa shape index (κ3) is 6.33. The third-order valence-corrected chi connectivity index (χ3v) is 3.29. The first kappa shape index (κ1) is 16.4. The molecule has 0 aromatic heterocycles. The number of carbonyl (C=O) groups excluding carboxylic acids is 1. The first-order valence-corrected chi connectivity index (χ1v) is 6.84. The summed E-state index contributed by atoms with van der Waals surface area (Å²) in [7, 11) is 5.91. The van der Waals surface area contributed by atoms with Crippen LogP contribution >= 0.6 is 0 Å². The summed E-state index contributed by atoms with van der Waals surface area (Å²) in [5, 5.41) is 13.2. The largest absolute Gasteiger partial charge is 0.388 e. The predicted molar refractivity (Wildman–Crippen MR) is 76.1 cm³/mol. The molecule has 112 valence electrons. The van der Waals surface area contributed by atoms with Gasteiger partial charge in [-0.05, 0) is 28.1 Å². The van der Waals surface area contributed by atoms with Crippen LogP contribution in [-0.2, 0) is 4.79 Å². The van der Waals surface area contributed by atoms with Crippen molar-refractivity contribution in [2.24, 2.45) is 0 Å². The van der Waals surface area contributed by atoms with Crippen LogP contribution in [0, 0.1) is 0 Å². The first-order chi connectivity index (χ1) is 8.80. The lowest BCUT2D eigenvalue weighted by atomic mass is 10.1. The highest BCUT2D eigenvalue weighted by molar-refractivity contribution is 5.78. The van der Waals surface area contributed by atoms with E-state index in [1.54, 1.807) is 6.92 Å². The number of likely N-dealkylation sites (N-methyl/N-ethyl adjacent to an activating group) is 2. The van der Waals surface area contributed by atoms with E-state index in [9.17, 15) is 9.90 Å². The van der Waals surface area contributed by atoms with Crippen molar-refractivity contribution < 1.29 is 9.90 Å². The number of carbonyl (C=O) groups is 1. The summed E-state index contributed by atoms with van der Waals surface area (Å²) in [5.74, 6) is 0.119. The van der Waals surface area contributed by atoms with Gasteiger partial charge in [0.05, 0.1) is 12.1 Å². The van der Waals surface area contributed by atoms with Gasteiger partial charge in [0.1, 0.15) is 0 Å². The van der Waals surface area contributed by atoms with Gasteiger partial charge in [-0.1, -0.05) is 0 Å². The van der Waals surface area contributed by atoms with Gasteiger partial charge in [-0.2, -0.15) is 0 Å².